The van der Waals surface area contributed by atoms with Gasteiger partial charge in [-0.25, -0.2) is 4.39 Å². The Morgan fingerprint density at radius 2 is 2.20 bits per heavy atom. The lowest BCUT2D eigenvalue weighted by molar-refractivity contribution is 0.281. The average Bonchev–Trinajstić information content (AvgIpc) is 2.99. The predicted octanol–water partition coefficient (Wildman–Crippen LogP) is 1.70. The summed E-state index contributed by atoms with van der Waals surface area (Å²) < 4.78 is 13.7. The fourth-order valence-electron chi connectivity index (χ4n) is 2.16. The second-order valence-electron chi connectivity index (χ2n) is 4.42. The van der Waals surface area contributed by atoms with E-state index in [4.69, 9.17) is 10.8 Å². The van der Waals surface area contributed by atoms with Gasteiger partial charge in [0, 0.05) is 11.5 Å². The standard InChI is InChI=1S/C12H16FNO/c1-8(14)12(4-5-12)10-6-9(7-15)2-3-11(10)13/h2-3,6,8,15H,4-5,7,14H2,1H3. The monoisotopic (exact) mass is 209 g/mol. The van der Waals surface area contributed by atoms with Crippen LogP contribution in [0.1, 0.15) is 30.9 Å². The molecule has 15 heavy (non-hydrogen) atoms. The summed E-state index contributed by atoms with van der Waals surface area (Å²) in [7, 11) is 0. The summed E-state index contributed by atoms with van der Waals surface area (Å²) in [5, 5.41) is 9.02. The molecule has 1 saturated carbocycles. The summed E-state index contributed by atoms with van der Waals surface area (Å²) >= 11 is 0. The maximum absolute atomic E-state index is 13.7. The van der Waals surface area contributed by atoms with Crippen molar-refractivity contribution in [3.05, 3.63) is 35.1 Å². The molecule has 0 spiro atoms. The third-order valence-electron chi connectivity index (χ3n) is 3.41. The first-order chi connectivity index (χ1) is 7.10. The Bertz CT molecular complexity index is 372. The van der Waals surface area contributed by atoms with Crippen molar-refractivity contribution in [3.63, 3.8) is 0 Å². The van der Waals surface area contributed by atoms with Crippen LogP contribution in [0.2, 0.25) is 0 Å². The van der Waals surface area contributed by atoms with Gasteiger partial charge in [0.1, 0.15) is 5.82 Å². The van der Waals surface area contributed by atoms with Crippen molar-refractivity contribution < 1.29 is 9.50 Å². The second-order valence-corrected chi connectivity index (χ2v) is 4.42. The number of halogens is 1. The van der Waals surface area contributed by atoms with Gasteiger partial charge < -0.3 is 10.8 Å². The molecule has 0 saturated heterocycles. The highest BCUT2D eigenvalue weighted by molar-refractivity contribution is 5.37. The molecular formula is C12H16FNO. The zero-order valence-corrected chi connectivity index (χ0v) is 8.83. The average molecular weight is 209 g/mol. The fraction of sp³-hybridized carbons (Fsp3) is 0.500. The number of aliphatic hydroxyl groups excluding tert-OH is 1. The first-order valence-corrected chi connectivity index (χ1v) is 5.25. The van der Waals surface area contributed by atoms with Crippen LogP contribution in [-0.4, -0.2) is 11.1 Å². The van der Waals surface area contributed by atoms with Crippen LogP contribution in [0.4, 0.5) is 4.39 Å². The molecule has 2 nitrogen and oxygen atoms in total. The van der Waals surface area contributed by atoms with E-state index in [-0.39, 0.29) is 23.9 Å². The van der Waals surface area contributed by atoms with Crippen LogP contribution in [0.25, 0.3) is 0 Å². The highest BCUT2D eigenvalue weighted by Crippen LogP contribution is 2.51. The summed E-state index contributed by atoms with van der Waals surface area (Å²) in [6.45, 7) is 1.86. The molecule has 1 aliphatic rings. The number of aliphatic hydroxyl groups is 1. The maximum atomic E-state index is 13.7. The van der Waals surface area contributed by atoms with Crippen molar-refractivity contribution in [1.82, 2.24) is 0 Å². The van der Waals surface area contributed by atoms with Crippen LogP contribution in [-0.2, 0) is 12.0 Å². The fourth-order valence-corrected chi connectivity index (χ4v) is 2.16. The van der Waals surface area contributed by atoms with Crippen molar-refractivity contribution in [2.45, 2.75) is 37.8 Å². The molecule has 1 atom stereocenters. The van der Waals surface area contributed by atoms with Gasteiger partial charge in [-0.2, -0.15) is 0 Å². The van der Waals surface area contributed by atoms with Gasteiger partial charge >= 0.3 is 0 Å². The molecule has 3 heteroatoms. The lowest BCUT2D eigenvalue weighted by Gasteiger charge is -2.21. The van der Waals surface area contributed by atoms with Gasteiger partial charge in [-0.3, -0.25) is 0 Å². The zero-order valence-electron chi connectivity index (χ0n) is 8.83. The number of hydrogen-bond donors (Lipinski definition) is 2. The van der Waals surface area contributed by atoms with Crippen molar-refractivity contribution in [2.75, 3.05) is 0 Å². The molecule has 1 unspecified atom stereocenters. The molecule has 0 aromatic heterocycles. The molecule has 0 amide bonds. The molecule has 0 heterocycles. The molecule has 1 fully saturated rings. The summed E-state index contributed by atoms with van der Waals surface area (Å²) in [5.41, 5.74) is 7.13. The minimum Gasteiger partial charge on any atom is -0.392 e. The number of nitrogens with two attached hydrogens (primary N) is 1. The second kappa shape index (κ2) is 3.58. The van der Waals surface area contributed by atoms with E-state index in [9.17, 15) is 4.39 Å². The Morgan fingerprint density at radius 3 is 2.67 bits per heavy atom. The predicted molar refractivity (Wildman–Crippen MR) is 56.9 cm³/mol. The van der Waals surface area contributed by atoms with Gasteiger partial charge in [-0.05, 0) is 43.0 Å². The Balaban J connectivity index is 2.43. The highest BCUT2D eigenvalue weighted by Gasteiger charge is 2.48. The van der Waals surface area contributed by atoms with Crippen LogP contribution in [0.3, 0.4) is 0 Å². The molecule has 0 bridgehead atoms. The summed E-state index contributed by atoms with van der Waals surface area (Å²) in [5.74, 6) is -0.206. The Labute approximate surface area is 88.9 Å². The van der Waals surface area contributed by atoms with Gasteiger partial charge in [0.2, 0.25) is 0 Å². The summed E-state index contributed by atoms with van der Waals surface area (Å²) in [6.07, 6.45) is 1.88. The van der Waals surface area contributed by atoms with E-state index in [1.165, 1.54) is 6.07 Å². The SMILES string of the molecule is CC(N)C1(c2cc(CO)ccc2F)CC1. The van der Waals surface area contributed by atoms with Gasteiger partial charge in [-0.15, -0.1) is 0 Å². The topological polar surface area (TPSA) is 46.2 Å². The molecule has 3 N–H and O–H groups in total. The Kier molecular flexibility index (Phi) is 2.52. The molecule has 82 valence electrons. The minimum absolute atomic E-state index is 0.0408. The third-order valence-corrected chi connectivity index (χ3v) is 3.41. The van der Waals surface area contributed by atoms with Crippen LogP contribution < -0.4 is 5.73 Å². The molecular weight excluding hydrogens is 193 g/mol. The van der Waals surface area contributed by atoms with E-state index < -0.39 is 0 Å². The Hall–Kier alpha value is -0.930. The minimum atomic E-state index is -0.206. The molecule has 1 aromatic rings. The van der Waals surface area contributed by atoms with E-state index >= 15 is 0 Å². The smallest absolute Gasteiger partial charge is 0.127 e. The first kappa shape index (κ1) is 10.6. The zero-order chi connectivity index (χ0) is 11.1. The van der Waals surface area contributed by atoms with E-state index in [1.807, 2.05) is 6.92 Å². The third kappa shape index (κ3) is 1.66. The molecule has 1 aromatic carbocycles. The van der Waals surface area contributed by atoms with Gasteiger partial charge in [-0.1, -0.05) is 6.07 Å². The molecule has 0 aliphatic heterocycles. The van der Waals surface area contributed by atoms with Crippen molar-refractivity contribution in [2.24, 2.45) is 5.73 Å². The van der Waals surface area contributed by atoms with Crippen LogP contribution >= 0.6 is 0 Å². The van der Waals surface area contributed by atoms with E-state index in [1.54, 1.807) is 12.1 Å². The Morgan fingerprint density at radius 1 is 1.53 bits per heavy atom. The van der Waals surface area contributed by atoms with E-state index in [2.05, 4.69) is 0 Å². The number of hydrogen-bond acceptors (Lipinski definition) is 2. The molecule has 2 rings (SSSR count). The molecule has 1 aliphatic carbocycles. The summed E-state index contributed by atoms with van der Waals surface area (Å²) in [4.78, 5) is 0. The maximum Gasteiger partial charge on any atom is 0.127 e. The number of benzene rings is 1. The van der Waals surface area contributed by atoms with Crippen LogP contribution in [0.15, 0.2) is 18.2 Å². The van der Waals surface area contributed by atoms with Gasteiger partial charge in [0.05, 0.1) is 6.61 Å². The highest BCUT2D eigenvalue weighted by atomic mass is 19.1. The van der Waals surface area contributed by atoms with Crippen LogP contribution in [0, 0.1) is 5.82 Å². The largest absolute Gasteiger partial charge is 0.392 e. The number of rotatable bonds is 3. The quantitative estimate of drug-likeness (QED) is 0.795. The van der Waals surface area contributed by atoms with E-state index in [0.717, 1.165) is 18.4 Å². The first-order valence-electron chi connectivity index (χ1n) is 5.25. The van der Waals surface area contributed by atoms with Crippen LogP contribution in [0.5, 0.6) is 0 Å². The van der Waals surface area contributed by atoms with Crippen molar-refractivity contribution in [1.29, 1.82) is 0 Å². The van der Waals surface area contributed by atoms with Crippen molar-refractivity contribution in [3.8, 4) is 0 Å². The summed E-state index contributed by atoms with van der Waals surface area (Å²) in [6, 6.07) is 4.73. The lowest BCUT2D eigenvalue weighted by atomic mass is 9.88. The van der Waals surface area contributed by atoms with Gasteiger partial charge in [0.15, 0.2) is 0 Å². The van der Waals surface area contributed by atoms with E-state index in [0.29, 0.717) is 5.56 Å². The molecule has 0 radical (unpaired) electrons. The van der Waals surface area contributed by atoms with Gasteiger partial charge in [0.25, 0.3) is 0 Å². The van der Waals surface area contributed by atoms with Crippen molar-refractivity contribution >= 4 is 0 Å². The lowest BCUT2D eigenvalue weighted by Crippen LogP contribution is -2.32. The normalized spacial score (nSPS) is 20.0.